The molecule has 1 N–H and O–H groups in total. The normalized spacial score (nSPS) is 23.9. The molecular weight excluding hydrogens is 168 g/mol. The molecule has 0 aromatic heterocycles. The molecule has 0 spiro atoms. The second kappa shape index (κ2) is 4.20. The Morgan fingerprint density at radius 2 is 2.08 bits per heavy atom. The van der Waals surface area contributed by atoms with Crippen molar-refractivity contribution in [3.63, 3.8) is 0 Å². The molecule has 0 aromatic carbocycles. The lowest BCUT2D eigenvalue weighted by molar-refractivity contribution is -0.143. The van der Waals surface area contributed by atoms with Crippen molar-refractivity contribution in [1.82, 2.24) is 0 Å². The van der Waals surface area contributed by atoms with E-state index in [2.05, 4.69) is 0 Å². The molecule has 0 saturated carbocycles. The van der Waals surface area contributed by atoms with Crippen LogP contribution in [-0.2, 0) is 9.53 Å². The zero-order valence-electron chi connectivity index (χ0n) is 8.38. The van der Waals surface area contributed by atoms with E-state index in [0.717, 1.165) is 12.8 Å². The van der Waals surface area contributed by atoms with Crippen LogP contribution in [0.5, 0.6) is 0 Å². The summed E-state index contributed by atoms with van der Waals surface area (Å²) in [5.74, 6) is -0.0120. The molecule has 3 heteroatoms. The Labute approximate surface area is 79.1 Å². The van der Waals surface area contributed by atoms with Gasteiger partial charge in [0.05, 0.1) is 0 Å². The van der Waals surface area contributed by atoms with Gasteiger partial charge >= 0.3 is 0 Å². The van der Waals surface area contributed by atoms with Crippen molar-refractivity contribution in [2.75, 3.05) is 13.2 Å². The third-order valence-corrected chi connectivity index (χ3v) is 2.81. The lowest BCUT2D eigenvalue weighted by atomic mass is 9.84. The van der Waals surface area contributed by atoms with Crippen LogP contribution in [0.2, 0.25) is 0 Å². The van der Waals surface area contributed by atoms with Crippen LogP contribution < -0.4 is 0 Å². The molecule has 1 aliphatic heterocycles. The highest BCUT2D eigenvalue weighted by atomic mass is 16.5. The van der Waals surface area contributed by atoms with E-state index in [1.807, 2.05) is 6.92 Å². The van der Waals surface area contributed by atoms with Crippen LogP contribution >= 0.6 is 0 Å². The maximum absolute atomic E-state index is 11.7. The molecule has 1 rings (SSSR count). The van der Waals surface area contributed by atoms with Gasteiger partial charge in [0.15, 0.2) is 5.78 Å². The Balaban J connectivity index is 2.55. The summed E-state index contributed by atoms with van der Waals surface area (Å²) >= 11 is 0. The molecule has 1 unspecified atom stereocenters. The lowest BCUT2D eigenvalue weighted by Crippen LogP contribution is -2.41. The Bertz CT molecular complexity index is 181. The van der Waals surface area contributed by atoms with Gasteiger partial charge in [-0.1, -0.05) is 6.92 Å². The molecule has 3 nitrogen and oxygen atoms in total. The average Bonchev–Trinajstić information content (AvgIpc) is 2.18. The lowest BCUT2D eigenvalue weighted by Gasteiger charge is -2.28. The summed E-state index contributed by atoms with van der Waals surface area (Å²) in [7, 11) is 0. The zero-order chi connectivity index (χ0) is 9.90. The predicted octanol–water partition coefficient (Wildman–Crippen LogP) is 1.14. The minimum atomic E-state index is -1.14. The third-order valence-electron chi connectivity index (χ3n) is 2.81. The van der Waals surface area contributed by atoms with Crippen LogP contribution in [0.25, 0.3) is 0 Å². The van der Waals surface area contributed by atoms with Crippen molar-refractivity contribution in [1.29, 1.82) is 0 Å². The first kappa shape index (κ1) is 10.7. The molecule has 1 saturated heterocycles. The Morgan fingerprint density at radius 1 is 1.54 bits per heavy atom. The van der Waals surface area contributed by atoms with E-state index >= 15 is 0 Å². The number of ether oxygens (including phenoxy) is 1. The average molecular weight is 186 g/mol. The number of carbonyl (C=O) groups excluding carboxylic acids is 1. The zero-order valence-corrected chi connectivity index (χ0v) is 8.38. The number of ketones is 1. The Morgan fingerprint density at radius 3 is 2.54 bits per heavy atom. The standard InChI is InChI=1S/C10H18O3/c1-3-10(2,12)9(11)8-4-6-13-7-5-8/h8,12H,3-7H2,1-2H3. The largest absolute Gasteiger partial charge is 0.382 e. The highest BCUT2D eigenvalue weighted by Gasteiger charge is 2.34. The van der Waals surface area contributed by atoms with Crippen LogP contribution in [-0.4, -0.2) is 29.7 Å². The van der Waals surface area contributed by atoms with Crippen molar-refractivity contribution in [3.05, 3.63) is 0 Å². The van der Waals surface area contributed by atoms with E-state index in [1.54, 1.807) is 6.92 Å². The van der Waals surface area contributed by atoms with Crippen molar-refractivity contribution in [3.8, 4) is 0 Å². The van der Waals surface area contributed by atoms with Crippen molar-refractivity contribution >= 4 is 5.78 Å². The first-order chi connectivity index (χ1) is 6.08. The molecule has 0 radical (unpaired) electrons. The first-order valence-corrected chi connectivity index (χ1v) is 4.92. The van der Waals surface area contributed by atoms with Gasteiger partial charge in [0.1, 0.15) is 5.60 Å². The van der Waals surface area contributed by atoms with E-state index in [4.69, 9.17) is 4.74 Å². The van der Waals surface area contributed by atoms with Gasteiger partial charge in [-0.2, -0.15) is 0 Å². The summed E-state index contributed by atoms with van der Waals surface area (Å²) in [5.41, 5.74) is -1.14. The smallest absolute Gasteiger partial charge is 0.167 e. The Hall–Kier alpha value is -0.410. The van der Waals surface area contributed by atoms with E-state index < -0.39 is 5.60 Å². The summed E-state index contributed by atoms with van der Waals surface area (Å²) in [6, 6.07) is 0. The number of aliphatic hydroxyl groups is 1. The number of rotatable bonds is 3. The second-order valence-electron chi connectivity index (χ2n) is 3.88. The topological polar surface area (TPSA) is 46.5 Å². The van der Waals surface area contributed by atoms with Crippen molar-refractivity contribution in [2.24, 2.45) is 5.92 Å². The van der Waals surface area contributed by atoms with Gasteiger partial charge < -0.3 is 9.84 Å². The maximum atomic E-state index is 11.7. The maximum Gasteiger partial charge on any atom is 0.167 e. The highest BCUT2D eigenvalue weighted by Crippen LogP contribution is 2.23. The van der Waals surface area contributed by atoms with Gasteiger partial charge in [-0.05, 0) is 26.2 Å². The summed E-state index contributed by atoms with van der Waals surface area (Å²) in [4.78, 5) is 11.7. The van der Waals surface area contributed by atoms with E-state index in [-0.39, 0.29) is 11.7 Å². The van der Waals surface area contributed by atoms with Crippen LogP contribution in [0.4, 0.5) is 0 Å². The number of carbonyl (C=O) groups is 1. The predicted molar refractivity (Wildman–Crippen MR) is 49.5 cm³/mol. The summed E-state index contributed by atoms with van der Waals surface area (Å²) in [5, 5.41) is 9.75. The number of Topliss-reactive ketones (excluding diaryl/α,β-unsaturated/α-hetero) is 1. The minimum Gasteiger partial charge on any atom is -0.382 e. The quantitative estimate of drug-likeness (QED) is 0.719. The minimum absolute atomic E-state index is 0.00343. The first-order valence-electron chi connectivity index (χ1n) is 4.92. The van der Waals surface area contributed by atoms with Crippen LogP contribution in [0.1, 0.15) is 33.1 Å². The molecule has 76 valence electrons. The highest BCUT2D eigenvalue weighted by molar-refractivity contribution is 5.88. The fraction of sp³-hybridized carbons (Fsp3) is 0.900. The molecule has 1 atom stereocenters. The summed E-state index contributed by atoms with van der Waals surface area (Å²) in [6.45, 7) is 4.73. The molecule has 0 aliphatic carbocycles. The molecule has 1 fully saturated rings. The van der Waals surface area contributed by atoms with E-state index in [9.17, 15) is 9.90 Å². The van der Waals surface area contributed by atoms with E-state index in [1.165, 1.54) is 0 Å². The fourth-order valence-electron chi connectivity index (χ4n) is 1.57. The molecule has 1 heterocycles. The van der Waals surface area contributed by atoms with Crippen molar-refractivity contribution in [2.45, 2.75) is 38.7 Å². The molecular formula is C10H18O3. The SMILES string of the molecule is CCC(C)(O)C(=O)C1CCOCC1. The van der Waals surface area contributed by atoms with Crippen LogP contribution in [0.15, 0.2) is 0 Å². The molecule has 0 bridgehead atoms. The van der Waals surface area contributed by atoms with Gasteiger partial charge in [0.2, 0.25) is 0 Å². The van der Waals surface area contributed by atoms with Crippen LogP contribution in [0.3, 0.4) is 0 Å². The number of hydrogen-bond acceptors (Lipinski definition) is 3. The van der Waals surface area contributed by atoms with Gasteiger partial charge in [0, 0.05) is 19.1 Å². The van der Waals surface area contributed by atoms with Crippen LogP contribution in [0, 0.1) is 5.92 Å². The second-order valence-corrected chi connectivity index (χ2v) is 3.88. The summed E-state index contributed by atoms with van der Waals surface area (Å²) < 4.78 is 5.16. The third kappa shape index (κ3) is 2.51. The van der Waals surface area contributed by atoms with Gasteiger partial charge in [-0.25, -0.2) is 0 Å². The molecule has 13 heavy (non-hydrogen) atoms. The number of hydrogen-bond donors (Lipinski definition) is 1. The fourth-order valence-corrected chi connectivity index (χ4v) is 1.57. The molecule has 0 amide bonds. The Kier molecular flexibility index (Phi) is 3.45. The molecule has 1 aliphatic rings. The molecule has 0 aromatic rings. The summed E-state index contributed by atoms with van der Waals surface area (Å²) in [6.07, 6.45) is 2.01. The van der Waals surface area contributed by atoms with Gasteiger partial charge in [-0.3, -0.25) is 4.79 Å². The van der Waals surface area contributed by atoms with E-state index in [0.29, 0.717) is 19.6 Å². The monoisotopic (exact) mass is 186 g/mol. The van der Waals surface area contributed by atoms with Crippen molar-refractivity contribution < 1.29 is 14.6 Å². The van der Waals surface area contributed by atoms with Gasteiger partial charge in [0.25, 0.3) is 0 Å². The van der Waals surface area contributed by atoms with Gasteiger partial charge in [-0.15, -0.1) is 0 Å².